The second-order valence-electron chi connectivity index (χ2n) is 6.74. The Kier molecular flexibility index (Phi) is 4.92. The molecular weight excluding hydrogens is 324 g/mol. The van der Waals surface area contributed by atoms with Crippen molar-refractivity contribution in [3.63, 3.8) is 0 Å². The van der Waals surface area contributed by atoms with E-state index >= 15 is 0 Å². The summed E-state index contributed by atoms with van der Waals surface area (Å²) in [6.07, 6.45) is 3.46. The van der Waals surface area contributed by atoms with Gasteiger partial charge in [-0.3, -0.25) is 14.4 Å². The highest BCUT2D eigenvalue weighted by Crippen LogP contribution is 2.26. The van der Waals surface area contributed by atoms with Crippen molar-refractivity contribution in [2.24, 2.45) is 0 Å². The highest BCUT2D eigenvalue weighted by molar-refractivity contribution is 6.30. The van der Waals surface area contributed by atoms with Crippen LogP contribution in [0.3, 0.4) is 0 Å². The molecule has 0 saturated carbocycles. The SMILES string of the molecule is CC(C)(C(=O)N1CCN(Cn2cc(Cl)cn2)CC1)c1ccccc1. The van der Waals surface area contributed by atoms with Crippen LogP contribution in [0.1, 0.15) is 19.4 Å². The lowest BCUT2D eigenvalue weighted by Gasteiger charge is -2.38. The first kappa shape index (κ1) is 17.0. The lowest BCUT2D eigenvalue weighted by Crippen LogP contribution is -2.53. The third-order valence-corrected chi connectivity index (χ3v) is 4.83. The number of piperazine rings is 1. The maximum absolute atomic E-state index is 13.0. The Morgan fingerprint density at radius 1 is 1.17 bits per heavy atom. The predicted octanol–water partition coefficient (Wildman–Crippen LogP) is 2.62. The molecule has 0 bridgehead atoms. The predicted molar refractivity (Wildman–Crippen MR) is 94.9 cm³/mol. The van der Waals surface area contributed by atoms with Crippen molar-refractivity contribution in [1.82, 2.24) is 19.6 Å². The van der Waals surface area contributed by atoms with Crippen LogP contribution in [0.15, 0.2) is 42.7 Å². The Labute approximate surface area is 147 Å². The van der Waals surface area contributed by atoms with Crippen LogP contribution in [-0.4, -0.2) is 51.7 Å². The van der Waals surface area contributed by atoms with Crippen LogP contribution < -0.4 is 0 Å². The smallest absolute Gasteiger partial charge is 0.232 e. The number of hydrogen-bond donors (Lipinski definition) is 0. The second-order valence-corrected chi connectivity index (χ2v) is 7.18. The fourth-order valence-corrected chi connectivity index (χ4v) is 3.24. The van der Waals surface area contributed by atoms with Crippen molar-refractivity contribution in [3.05, 3.63) is 53.3 Å². The van der Waals surface area contributed by atoms with Crippen LogP contribution in [0, 0.1) is 0 Å². The summed E-state index contributed by atoms with van der Waals surface area (Å²) in [5.74, 6) is 0.190. The molecule has 0 atom stereocenters. The Hall–Kier alpha value is -1.85. The van der Waals surface area contributed by atoms with Gasteiger partial charge in [0.1, 0.15) is 0 Å². The molecule has 1 aliphatic rings. The van der Waals surface area contributed by atoms with E-state index in [9.17, 15) is 4.79 Å². The summed E-state index contributed by atoms with van der Waals surface area (Å²) in [6.45, 7) is 7.87. The molecule has 1 saturated heterocycles. The summed E-state index contributed by atoms with van der Waals surface area (Å²) < 4.78 is 1.83. The summed E-state index contributed by atoms with van der Waals surface area (Å²) in [6, 6.07) is 9.99. The molecule has 0 unspecified atom stereocenters. The number of benzene rings is 1. The largest absolute Gasteiger partial charge is 0.339 e. The molecule has 1 fully saturated rings. The van der Waals surface area contributed by atoms with Crippen molar-refractivity contribution in [2.75, 3.05) is 26.2 Å². The maximum Gasteiger partial charge on any atom is 0.232 e. The van der Waals surface area contributed by atoms with E-state index in [1.165, 1.54) is 0 Å². The van der Waals surface area contributed by atoms with Crippen LogP contribution in [0.4, 0.5) is 0 Å². The number of carbonyl (C=O) groups is 1. The molecule has 5 nitrogen and oxygen atoms in total. The van der Waals surface area contributed by atoms with Crippen LogP contribution >= 0.6 is 11.6 Å². The number of nitrogens with zero attached hydrogens (tertiary/aromatic N) is 4. The van der Waals surface area contributed by atoms with Crippen LogP contribution in [0.2, 0.25) is 5.02 Å². The van der Waals surface area contributed by atoms with Crippen molar-refractivity contribution < 1.29 is 4.79 Å². The molecule has 2 heterocycles. The van der Waals surface area contributed by atoms with Gasteiger partial charge >= 0.3 is 0 Å². The number of hydrogen-bond acceptors (Lipinski definition) is 3. The van der Waals surface area contributed by atoms with E-state index in [1.54, 1.807) is 6.20 Å². The third-order valence-electron chi connectivity index (χ3n) is 4.64. The van der Waals surface area contributed by atoms with Gasteiger partial charge in [0.05, 0.1) is 23.3 Å². The number of halogens is 1. The molecule has 2 aromatic rings. The van der Waals surface area contributed by atoms with E-state index in [-0.39, 0.29) is 5.91 Å². The molecule has 0 aliphatic carbocycles. The van der Waals surface area contributed by atoms with Crippen LogP contribution in [-0.2, 0) is 16.9 Å². The fraction of sp³-hybridized carbons (Fsp3) is 0.444. The lowest BCUT2D eigenvalue weighted by atomic mass is 9.83. The van der Waals surface area contributed by atoms with Gasteiger partial charge in [-0.15, -0.1) is 0 Å². The van der Waals surface area contributed by atoms with Gasteiger partial charge in [0.15, 0.2) is 0 Å². The first-order valence-corrected chi connectivity index (χ1v) is 8.60. The van der Waals surface area contributed by atoms with Gasteiger partial charge in [-0.1, -0.05) is 41.9 Å². The molecule has 1 aromatic heterocycles. The van der Waals surface area contributed by atoms with E-state index in [0.29, 0.717) is 11.7 Å². The van der Waals surface area contributed by atoms with Crippen LogP contribution in [0.25, 0.3) is 0 Å². The fourth-order valence-electron chi connectivity index (χ4n) is 3.09. The van der Waals surface area contributed by atoms with Gasteiger partial charge in [0, 0.05) is 32.4 Å². The zero-order chi connectivity index (χ0) is 17.2. The average molecular weight is 347 g/mol. The van der Waals surface area contributed by atoms with Gasteiger partial charge in [0.25, 0.3) is 0 Å². The highest BCUT2D eigenvalue weighted by atomic mass is 35.5. The maximum atomic E-state index is 13.0. The zero-order valence-electron chi connectivity index (χ0n) is 14.2. The Bertz CT molecular complexity index is 690. The van der Waals surface area contributed by atoms with Crippen molar-refractivity contribution >= 4 is 17.5 Å². The molecule has 1 aromatic carbocycles. The van der Waals surface area contributed by atoms with E-state index in [1.807, 2.05) is 60.0 Å². The van der Waals surface area contributed by atoms with Crippen LogP contribution in [0.5, 0.6) is 0 Å². The summed E-state index contributed by atoms with van der Waals surface area (Å²) in [4.78, 5) is 17.2. The van der Waals surface area contributed by atoms with Crippen molar-refractivity contribution in [1.29, 1.82) is 0 Å². The molecule has 3 rings (SSSR count). The summed E-state index contributed by atoms with van der Waals surface area (Å²) in [7, 11) is 0. The standard InChI is InChI=1S/C18H23ClN4O/c1-18(2,15-6-4-3-5-7-15)17(24)22-10-8-21(9-11-22)14-23-13-16(19)12-20-23/h3-7,12-13H,8-11,14H2,1-2H3. The van der Waals surface area contributed by atoms with Gasteiger partial charge < -0.3 is 4.90 Å². The first-order chi connectivity index (χ1) is 11.5. The van der Waals surface area contributed by atoms with Gasteiger partial charge in [-0.2, -0.15) is 5.10 Å². The number of aromatic nitrogens is 2. The quantitative estimate of drug-likeness (QED) is 0.854. The molecule has 6 heteroatoms. The highest BCUT2D eigenvalue weighted by Gasteiger charge is 2.34. The second kappa shape index (κ2) is 6.95. The molecule has 1 aliphatic heterocycles. The minimum absolute atomic E-state index is 0.190. The third kappa shape index (κ3) is 3.62. The molecular formula is C18H23ClN4O. The van der Waals surface area contributed by atoms with Crippen molar-refractivity contribution in [3.8, 4) is 0 Å². The average Bonchev–Trinajstić information content (AvgIpc) is 3.00. The number of carbonyl (C=O) groups excluding carboxylic acids is 1. The molecule has 1 amide bonds. The Morgan fingerprint density at radius 3 is 2.42 bits per heavy atom. The minimum atomic E-state index is -0.501. The monoisotopic (exact) mass is 346 g/mol. The zero-order valence-corrected chi connectivity index (χ0v) is 14.9. The molecule has 0 N–H and O–H groups in total. The normalized spacial score (nSPS) is 16.4. The molecule has 0 spiro atoms. The molecule has 24 heavy (non-hydrogen) atoms. The lowest BCUT2D eigenvalue weighted by molar-refractivity contribution is -0.138. The minimum Gasteiger partial charge on any atom is -0.339 e. The van der Waals surface area contributed by atoms with E-state index in [4.69, 9.17) is 11.6 Å². The number of rotatable bonds is 4. The Morgan fingerprint density at radius 2 is 1.83 bits per heavy atom. The molecule has 128 valence electrons. The van der Waals surface area contributed by atoms with Gasteiger partial charge in [0.2, 0.25) is 5.91 Å². The summed E-state index contributed by atoms with van der Waals surface area (Å²) in [5.41, 5.74) is 0.558. The Balaban J connectivity index is 1.59. The molecule has 0 radical (unpaired) electrons. The topological polar surface area (TPSA) is 41.4 Å². The van der Waals surface area contributed by atoms with Crippen molar-refractivity contribution in [2.45, 2.75) is 25.9 Å². The first-order valence-electron chi connectivity index (χ1n) is 8.22. The summed E-state index contributed by atoms with van der Waals surface area (Å²) >= 11 is 5.90. The van der Waals surface area contributed by atoms with E-state index < -0.39 is 5.41 Å². The number of amides is 1. The van der Waals surface area contributed by atoms with E-state index in [2.05, 4.69) is 10.00 Å². The summed E-state index contributed by atoms with van der Waals surface area (Å²) in [5, 5.41) is 4.85. The van der Waals surface area contributed by atoms with Gasteiger partial charge in [-0.25, -0.2) is 0 Å². The van der Waals surface area contributed by atoms with E-state index in [0.717, 1.165) is 31.7 Å². The van der Waals surface area contributed by atoms with Gasteiger partial charge in [-0.05, 0) is 19.4 Å².